The van der Waals surface area contributed by atoms with Gasteiger partial charge in [0.1, 0.15) is 6.10 Å². The molecule has 0 saturated carbocycles. The highest BCUT2D eigenvalue weighted by Gasteiger charge is 2.24. The van der Waals surface area contributed by atoms with Crippen LogP contribution in [-0.2, 0) is 19.0 Å². The van der Waals surface area contributed by atoms with Crippen molar-refractivity contribution in [3.63, 3.8) is 0 Å². The van der Waals surface area contributed by atoms with Crippen LogP contribution < -0.4 is 5.32 Å². The zero-order valence-electron chi connectivity index (χ0n) is 8.03. The predicted molar refractivity (Wildman–Crippen MR) is 47.9 cm³/mol. The third-order valence-corrected chi connectivity index (χ3v) is 2.32. The van der Waals surface area contributed by atoms with Crippen molar-refractivity contribution in [3.8, 4) is 0 Å². The summed E-state index contributed by atoms with van der Waals surface area (Å²) in [6.45, 7) is 3.21. The van der Waals surface area contributed by atoms with Crippen LogP contribution in [0.25, 0.3) is 0 Å². The van der Waals surface area contributed by atoms with E-state index in [1.54, 1.807) is 0 Å². The second kappa shape index (κ2) is 4.72. The third kappa shape index (κ3) is 2.67. The van der Waals surface area contributed by atoms with Crippen molar-refractivity contribution in [2.45, 2.75) is 18.6 Å². The normalized spacial score (nSPS) is 28.1. The lowest BCUT2D eigenvalue weighted by molar-refractivity contribution is -0.173. The summed E-state index contributed by atoms with van der Waals surface area (Å²) in [5.41, 5.74) is 0. The molecule has 1 unspecified atom stereocenters. The van der Waals surface area contributed by atoms with Gasteiger partial charge in [0.15, 0.2) is 0 Å². The van der Waals surface area contributed by atoms with Gasteiger partial charge in [0.2, 0.25) is 0 Å². The van der Waals surface area contributed by atoms with Crippen LogP contribution in [0.3, 0.4) is 0 Å². The van der Waals surface area contributed by atoms with E-state index in [0.29, 0.717) is 26.2 Å². The van der Waals surface area contributed by atoms with E-state index in [9.17, 15) is 4.79 Å². The summed E-state index contributed by atoms with van der Waals surface area (Å²) < 4.78 is 15.3. The maximum atomic E-state index is 11.3. The largest absolute Gasteiger partial charge is 0.457 e. The zero-order chi connectivity index (χ0) is 9.80. The first kappa shape index (κ1) is 9.89. The first-order valence-corrected chi connectivity index (χ1v) is 4.93. The molecular weight excluding hydrogens is 186 g/mol. The number of esters is 1. The van der Waals surface area contributed by atoms with E-state index in [-0.39, 0.29) is 18.1 Å². The standard InChI is InChI=1S/C9H15NO4/c11-9(14-8-5-13-6-8)3-7-4-12-2-1-10-7/h7-8,10H,1-6H2. The number of morpholine rings is 1. The number of ether oxygens (including phenoxy) is 3. The van der Waals surface area contributed by atoms with Gasteiger partial charge in [0.05, 0.1) is 32.8 Å². The van der Waals surface area contributed by atoms with Crippen LogP contribution in [0.4, 0.5) is 0 Å². The van der Waals surface area contributed by atoms with Gasteiger partial charge in [-0.15, -0.1) is 0 Å². The topological polar surface area (TPSA) is 56.8 Å². The van der Waals surface area contributed by atoms with Gasteiger partial charge in [-0.2, -0.15) is 0 Å². The zero-order valence-corrected chi connectivity index (χ0v) is 8.03. The van der Waals surface area contributed by atoms with Crippen LogP contribution in [-0.4, -0.2) is 51.1 Å². The number of hydrogen-bond acceptors (Lipinski definition) is 5. The van der Waals surface area contributed by atoms with Crippen molar-refractivity contribution >= 4 is 5.97 Å². The Labute approximate surface area is 82.7 Å². The fraction of sp³-hybridized carbons (Fsp3) is 0.889. The van der Waals surface area contributed by atoms with Crippen LogP contribution in [0.5, 0.6) is 0 Å². The fourth-order valence-electron chi connectivity index (χ4n) is 1.47. The van der Waals surface area contributed by atoms with Crippen LogP contribution in [0.2, 0.25) is 0 Å². The van der Waals surface area contributed by atoms with Crippen molar-refractivity contribution in [2.24, 2.45) is 0 Å². The van der Waals surface area contributed by atoms with E-state index in [0.717, 1.165) is 13.2 Å². The number of hydrogen-bond donors (Lipinski definition) is 1. The molecule has 2 aliphatic rings. The van der Waals surface area contributed by atoms with E-state index in [1.807, 2.05) is 0 Å². The molecule has 2 saturated heterocycles. The molecule has 2 heterocycles. The molecule has 2 rings (SSSR count). The molecule has 5 heteroatoms. The highest BCUT2D eigenvalue weighted by atomic mass is 16.6. The summed E-state index contributed by atoms with van der Waals surface area (Å²) in [7, 11) is 0. The van der Waals surface area contributed by atoms with Gasteiger partial charge in [-0.1, -0.05) is 0 Å². The number of carbonyl (C=O) groups is 1. The monoisotopic (exact) mass is 201 g/mol. The molecule has 0 amide bonds. The molecule has 1 atom stereocenters. The van der Waals surface area contributed by atoms with Gasteiger partial charge in [0.25, 0.3) is 0 Å². The van der Waals surface area contributed by atoms with Crippen molar-refractivity contribution < 1.29 is 19.0 Å². The second-order valence-corrected chi connectivity index (χ2v) is 3.58. The molecule has 5 nitrogen and oxygen atoms in total. The Morgan fingerprint density at radius 3 is 2.79 bits per heavy atom. The number of carbonyl (C=O) groups excluding carboxylic acids is 1. The fourth-order valence-corrected chi connectivity index (χ4v) is 1.47. The predicted octanol–water partition coefficient (Wildman–Crippen LogP) is -0.693. The van der Waals surface area contributed by atoms with E-state index < -0.39 is 0 Å². The molecule has 0 aliphatic carbocycles. The minimum atomic E-state index is -0.165. The SMILES string of the molecule is O=C(CC1COCCN1)OC1COC1. The second-order valence-electron chi connectivity index (χ2n) is 3.58. The molecule has 14 heavy (non-hydrogen) atoms. The van der Waals surface area contributed by atoms with Crippen molar-refractivity contribution in [1.29, 1.82) is 0 Å². The molecule has 0 spiro atoms. The van der Waals surface area contributed by atoms with Gasteiger partial charge >= 0.3 is 5.97 Å². The summed E-state index contributed by atoms with van der Waals surface area (Å²) >= 11 is 0. The minimum absolute atomic E-state index is 0.0213. The Balaban J connectivity index is 1.64. The summed E-state index contributed by atoms with van der Waals surface area (Å²) in [5.74, 6) is -0.165. The number of nitrogens with one attached hydrogen (secondary N) is 1. The Bertz CT molecular complexity index is 199. The van der Waals surface area contributed by atoms with Crippen molar-refractivity contribution in [3.05, 3.63) is 0 Å². The highest BCUT2D eigenvalue weighted by Crippen LogP contribution is 2.08. The summed E-state index contributed by atoms with van der Waals surface area (Å²) in [6, 6.07) is 0.109. The first-order valence-electron chi connectivity index (χ1n) is 4.93. The van der Waals surface area contributed by atoms with Crippen LogP contribution in [0.15, 0.2) is 0 Å². The highest BCUT2D eigenvalue weighted by molar-refractivity contribution is 5.70. The van der Waals surface area contributed by atoms with E-state index in [2.05, 4.69) is 5.32 Å². The van der Waals surface area contributed by atoms with Crippen molar-refractivity contribution in [1.82, 2.24) is 5.32 Å². The molecule has 0 aromatic carbocycles. The van der Waals surface area contributed by atoms with Gasteiger partial charge in [-0.05, 0) is 0 Å². The third-order valence-electron chi connectivity index (χ3n) is 2.32. The van der Waals surface area contributed by atoms with E-state index in [1.165, 1.54) is 0 Å². The van der Waals surface area contributed by atoms with Gasteiger partial charge in [0, 0.05) is 12.6 Å². The summed E-state index contributed by atoms with van der Waals surface area (Å²) in [6.07, 6.45) is 0.364. The quantitative estimate of drug-likeness (QED) is 0.612. The molecule has 0 aromatic rings. The Kier molecular flexibility index (Phi) is 3.34. The first-order chi connectivity index (χ1) is 6.84. The lowest BCUT2D eigenvalue weighted by atomic mass is 10.2. The minimum Gasteiger partial charge on any atom is -0.457 e. The van der Waals surface area contributed by atoms with Gasteiger partial charge in [-0.25, -0.2) is 0 Å². The molecule has 0 radical (unpaired) electrons. The molecule has 2 aliphatic heterocycles. The van der Waals surface area contributed by atoms with Gasteiger partial charge in [-0.3, -0.25) is 4.79 Å². The Morgan fingerprint density at radius 1 is 1.36 bits per heavy atom. The van der Waals surface area contributed by atoms with Crippen LogP contribution >= 0.6 is 0 Å². The number of rotatable bonds is 3. The molecular formula is C9H15NO4. The molecule has 1 N–H and O–H groups in total. The average molecular weight is 201 g/mol. The average Bonchev–Trinajstić information content (AvgIpc) is 2.13. The van der Waals surface area contributed by atoms with E-state index >= 15 is 0 Å². The summed E-state index contributed by atoms with van der Waals surface area (Å²) in [4.78, 5) is 11.3. The molecule has 0 bridgehead atoms. The van der Waals surface area contributed by atoms with Crippen LogP contribution in [0.1, 0.15) is 6.42 Å². The molecule has 80 valence electrons. The van der Waals surface area contributed by atoms with Crippen LogP contribution in [0, 0.1) is 0 Å². The lowest BCUT2D eigenvalue weighted by Gasteiger charge is -2.27. The summed E-state index contributed by atoms with van der Waals surface area (Å²) in [5, 5.41) is 3.20. The molecule has 0 aromatic heterocycles. The van der Waals surface area contributed by atoms with Crippen molar-refractivity contribution in [2.75, 3.05) is 33.0 Å². The van der Waals surface area contributed by atoms with E-state index in [4.69, 9.17) is 14.2 Å². The molecule has 2 fully saturated rings. The lowest BCUT2D eigenvalue weighted by Crippen LogP contribution is -2.44. The Morgan fingerprint density at radius 2 is 2.21 bits per heavy atom. The maximum Gasteiger partial charge on any atom is 0.307 e. The Hall–Kier alpha value is -0.650. The smallest absolute Gasteiger partial charge is 0.307 e. The maximum absolute atomic E-state index is 11.3. The van der Waals surface area contributed by atoms with Gasteiger partial charge < -0.3 is 19.5 Å².